The number of aromatic carboxylic acids is 1. The minimum Gasteiger partial charge on any atom is -0.478 e. The number of carbonyl (C=O) groups is 2. The third kappa shape index (κ3) is 4.47. The molecule has 0 saturated heterocycles. The summed E-state index contributed by atoms with van der Waals surface area (Å²) in [5, 5.41) is 11.8. The number of aromatic nitrogens is 1. The first-order chi connectivity index (χ1) is 10.1. The molecule has 21 heavy (non-hydrogen) atoms. The quantitative estimate of drug-likeness (QED) is 0.827. The molecule has 0 radical (unpaired) electrons. The van der Waals surface area contributed by atoms with Crippen molar-refractivity contribution in [2.75, 3.05) is 11.1 Å². The van der Waals surface area contributed by atoms with E-state index in [2.05, 4.69) is 10.3 Å². The number of halogens is 1. The summed E-state index contributed by atoms with van der Waals surface area (Å²) in [7, 11) is 0. The molecule has 0 aliphatic rings. The summed E-state index contributed by atoms with van der Waals surface area (Å²) in [6.45, 7) is 0. The van der Waals surface area contributed by atoms with Crippen molar-refractivity contribution >= 4 is 40.9 Å². The van der Waals surface area contributed by atoms with Crippen LogP contribution in [0, 0.1) is 0 Å². The first kappa shape index (κ1) is 15.3. The molecule has 2 rings (SSSR count). The Bertz CT molecular complexity index is 665. The maximum Gasteiger partial charge on any atom is 0.335 e. The lowest BCUT2D eigenvalue weighted by Gasteiger charge is -2.08. The van der Waals surface area contributed by atoms with Gasteiger partial charge in [-0.1, -0.05) is 11.6 Å². The molecule has 1 aromatic carbocycles. The van der Waals surface area contributed by atoms with Crippen molar-refractivity contribution in [3.05, 3.63) is 53.3 Å². The molecule has 0 fully saturated rings. The van der Waals surface area contributed by atoms with Gasteiger partial charge in [0.15, 0.2) is 0 Å². The van der Waals surface area contributed by atoms with E-state index in [1.54, 1.807) is 24.5 Å². The average molecular weight is 323 g/mol. The van der Waals surface area contributed by atoms with Crippen LogP contribution in [0.3, 0.4) is 0 Å². The van der Waals surface area contributed by atoms with Crippen LogP contribution < -0.4 is 5.32 Å². The molecule has 1 aromatic heterocycles. The average Bonchev–Trinajstić information content (AvgIpc) is 2.48. The van der Waals surface area contributed by atoms with Crippen LogP contribution in [0.1, 0.15) is 10.4 Å². The van der Waals surface area contributed by atoms with E-state index < -0.39 is 5.97 Å². The van der Waals surface area contributed by atoms with Crippen LogP contribution in [0.4, 0.5) is 5.69 Å². The number of carbonyl (C=O) groups excluding carboxylic acids is 1. The number of amides is 1. The van der Waals surface area contributed by atoms with Crippen molar-refractivity contribution in [3.63, 3.8) is 0 Å². The number of benzene rings is 1. The smallest absolute Gasteiger partial charge is 0.335 e. The Labute approximate surface area is 130 Å². The highest BCUT2D eigenvalue weighted by atomic mass is 35.5. The molecule has 5 nitrogen and oxygen atoms in total. The second-order valence-corrected chi connectivity index (χ2v) is 5.48. The fourth-order valence-corrected chi connectivity index (χ4v) is 2.37. The van der Waals surface area contributed by atoms with Crippen molar-refractivity contribution in [2.24, 2.45) is 0 Å². The van der Waals surface area contributed by atoms with Crippen molar-refractivity contribution in [2.45, 2.75) is 4.90 Å². The summed E-state index contributed by atoms with van der Waals surface area (Å²) < 4.78 is 0. The lowest BCUT2D eigenvalue weighted by molar-refractivity contribution is -0.113. The van der Waals surface area contributed by atoms with E-state index in [0.717, 1.165) is 4.90 Å². The number of pyridine rings is 1. The largest absolute Gasteiger partial charge is 0.478 e. The van der Waals surface area contributed by atoms with Gasteiger partial charge in [-0.2, -0.15) is 0 Å². The number of nitrogens with one attached hydrogen (secondary N) is 1. The van der Waals surface area contributed by atoms with Gasteiger partial charge in [0, 0.05) is 17.3 Å². The highest BCUT2D eigenvalue weighted by Crippen LogP contribution is 2.24. The summed E-state index contributed by atoms with van der Waals surface area (Å²) in [5.41, 5.74) is 0.355. The Kier molecular flexibility index (Phi) is 5.19. The van der Waals surface area contributed by atoms with E-state index in [4.69, 9.17) is 16.7 Å². The highest BCUT2D eigenvalue weighted by molar-refractivity contribution is 8.00. The predicted octanol–water partition coefficient (Wildman–Crippen LogP) is 3.16. The number of hydrogen-bond donors (Lipinski definition) is 2. The summed E-state index contributed by atoms with van der Waals surface area (Å²) >= 11 is 7.29. The van der Waals surface area contributed by atoms with E-state index in [1.165, 1.54) is 30.0 Å². The zero-order valence-corrected chi connectivity index (χ0v) is 12.3. The topological polar surface area (TPSA) is 79.3 Å². The van der Waals surface area contributed by atoms with Gasteiger partial charge < -0.3 is 10.4 Å². The fourth-order valence-electron chi connectivity index (χ4n) is 1.52. The number of hydrogen-bond acceptors (Lipinski definition) is 4. The lowest BCUT2D eigenvalue weighted by atomic mass is 10.2. The Morgan fingerprint density at radius 1 is 1.24 bits per heavy atom. The van der Waals surface area contributed by atoms with Gasteiger partial charge in [0.25, 0.3) is 0 Å². The zero-order valence-electron chi connectivity index (χ0n) is 10.7. The van der Waals surface area contributed by atoms with Gasteiger partial charge in [0.05, 0.1) is 22.0 Å². The van der Waals surface area contributed by atoms with E-state index in [-0.39, 0.29) is 22.9 Å². The molecule has 0 atom stereocenters. The Hall–Kier alpha value is -2.05. The summed E-state index contributed by atoms with van der Waals surface area (Å²) in [4.78, 5) is 27.6. The van der Waals surface area contributed by atoms with Crippen LogP contribution in [0.25, 0.3) is 0 Å². The Morgan fingerprint density at radius 3 is 2.62 bits per heavy atom. The molecule has 2 aromatic rings. The molecule has 1 heterocycles. The maximum atomic E-state index is 11.9. The van der Waals surface area contributed by atoms with Crippen molar-refractivity contribution < 1.29 is 14.7 Å². The monoisotopic (exact) mass is 322 g/mol. The van der Waals surface area contributed by atoms with E-state index in [9.17, 15) is 9.59 Å². The lowest BCUT2D eigenvalue weighted by Crippen LogP contribution is -2.14. The molecule has 0 aliphatic heterocycles. The molecule has 0 spiro atoms. The van der Waals surface area contributed by atoms with Crippen LogP contribution >= 0.6 is 23.4 Å². The third-order valence-electron chi connectivity index (χ3n) is 2.51. The number of anilines is 1. The first-order valence-electron chi connectivity index (χ1n) is 5.92. The highest BCUT2D eigenvalue weighted by Gasteiger charge is 2.10. The molecule has 7 heteroatoms. The number of carboxylic acid groups (broad SMARTS) is 1. The zero-order chi connectivity index (χ0) is 15.2. The fraction of sp³-hybridized carbons (Fsp3) is 0.0714. The van der Waals surface area contributed by atoms with Crippen LogP contribution in [0.2, 0.25) is 5.02 Å². The normalized spacial score (nSPS) is 10.1. The molecule has 0 bridgehead atoms. The van der Waals surface area contributed by atoms with Gasteiger partial charge >= 0.3 is 5.97 Å². The Balaban J connectivity index is 1.99. The second kappa shape index (κ2) is 7.10. The van der Waals surface area contributed by atoms with Crippen LogP contribution in [-0.2, 0) is 4.79 Å². The van der Waals surface area contributed by atoms with Crippen LogP contribution in [0.15, 0.2) is 47.6 Å². The Morgan fingerprint density at radius 2 is 1.95 bits per heavy atom. The predicted molar refractivity (Wildman–Crippen MR) is 82.0 cm³/mol. The molecule has 108 valence electrons. The van der Waals surface area contributed by atoms with Gasteiger partial charge in [0.1, 0.15) is 0 Å². The maximum absolute atomic E-state index is 11.9. The SMILES string of the molecule is O=C(CSc1ccncc1)Nc1cc(C(=O)O)ccc1Cl. The molecule has 2 N–H and O–H groups in total. The third-order valence-corrected chi connectivity index (χ3v) is 3.85. The minimum atomic E-state index is -1.08. The van der Waals surface area contributed by atoms with Gasteiger partial charge in [0.2, 0.25) is 5.91 Å². The second-order valence-electron chi connectivity index (χ2n) is 4.02. The number of carboxylic acids is 1. The van der Waals surface area contributed by atoms with Gasteiger partial charge in [-0.05, 0) is 30.3 Å². The van der Waals surface area contributed by atoms with E-state index in [1.807, 2.05) is 0 Å². The van der Waals surface area contributed by atoms with Gasteiger partial charge in [-0.15, -0.1) is 11.8 Å². The molecular formula is C14H11ClN2O3S. The van der Waals surface area contributed by atoms with E-state index in [0.29, 0.717) is 5.02 Å². The van der Waals surface area contributed by atoms with Gasteiger partial charge in [-0.25, -0.2) is 4.79 Å². The van der Waals surface area contributed by atoms with Crippen LogP contribution in [-0.4, -0.2) is 27.7 Å². The van der Waals surface area contributed by atoms with Crippen molar-refractivity contribution in [3.8, 4) is 0 Å². The summed E-state index contributed by atoms with van der Waals surface area (Å²) in [6.07, 6.45) is 3.29. The van der Waals surface area contributed by atoms with Crippen molar-refractivity contribution in [1.82, 2.24) is 4.98 Å². The molecule has 0 unspecified atom stereocenters. The number of rotatable bonds is 5. The minimum absolute atomic E-state index is 0.0662. The standard InChI is InChI=1S/C14H11ClN2O3S/c15-11-2-1-9(14(19)20)7-12(11)17-13(18)8-21-10-3-5-16-6-4-10/h1-7H,8H2,(H,17,18)(H,19,20). The molecular weight excluding hydrogens is 312 g/mol. The first-order valence-corrected chi connectivity index (χ1v) is 7.28. The number of thioether (sulfide) groups is 1. The van der Waals surface area contributed by atoms with Gasteiger partial charge in [-0.3, -0.25) is 9.78 Å². The van der Waals surface area contributed by atoms with E-state index >= 15 is 0 Å². The van der Waals surface area contributed by atoms with Crippen molar-refractivity contribution in [1.29, 1.82) is 0 Å². The molecule has 0 saturated carbocycles. The summed E-state index contributed by atoms with van der Waals surface area (Å²) in [6, 6.07) is 7.76. The molecule has 0 aliphatic carbocycles. The van der Waals surface area contributed by atoms with Crippen LogP contribution in [0.5, 0.6) is 0 Å². The summed E-state index contributed by atoms with van der Waals surface area (Å²) in [5.74, 6) is -1.15. The molecule has 1 amide bonds. The number of nitrogens with zero attached hydrogens (tertiary/aromatic N) is 1.